The van der Waals surface area contributed by atoms with E-state index in [0.717, 1.165) is 12.8 Å². The molecule has 0 aliphatic heterocycles. The lowest BCUT2D eigenvalue weighted by atomic mass is 10.0. The number of quaternary nitrogens is 1. The van der Waals surface area contributed by atoms with Crippen LogP contribution in [0.3, 0.4) is 0 Å². The van der Waals surface area contributed by atoms with Crippen molar-refractivity contribution in [1.29, 1.82) is 0 Å². The fourth-order valence-corrected chi connectivity index (χ4v) is 2.29. The maximum absolute atomic E-state index is 10.2. The van der Waals surface area contributed by atoms with Gasteiger partial charge in [0.05, 0.1) is 0 Å². The molecule has 0 rings (SSSR count). The molecular weight excluding hydrogens is 254 g/mol. The van der Waals surface area contributed by atoms with Gasteiger partial charge in [-0.3, -0.25) is 0 Å². The highest BCUT2D eigenvalue weighted by Crippen LogP contribution is 2.12. The Balaban J connectivity index is -0.00000144. The average Bonchev–Trinajstić information content (AvgIpc) is 2.34. The van der Waals surface area contributed by atoms with E-state index in [-0.39, 0.29) is 18.0 Å². The Kier molecular flexibility index (Phi) is 25.3. The van der Waals surface area contributed by atoms with E-state index in [2.05, 4.69) is 6.92 Å². The van der Waals surface area contributed by atoms with Gasteiger partial charge in [0.15, 0.2) is 0 Å². The molecule has 6 N–H and O–H groups in total. The van der Waals surface area contributed by atoms with Crippen molar-refractivity contribution in [2.24, 2.45) is 0 Å². The van der Waals surface area contributed by atoms with Gasteiger partial charge in [0.1, 0.15) is 0 Å². The van der Waals surface area contributed by atoms with Crippen molar-refractivity contribution >= 4 is 5.97 Å². The Labute approximate surface area is 125 Å². The van der Waals surface area contributed by atoms with Crippen LogP contribution in [0.15, 0.2) is 0 Å². The summed E-state index contributed by atoms with van der Waals surface area (Å²) in [6.07, 6.45) is 16.9. The van der Waals surface area contributed by atoms with Gasteiger partial charge in [-0.2, -0.15) is 0 Å². The van der Waals surface area contributed by atoms with Gasteiger partial charge in [-0.15, -0.1) is 0 Å². The van der Waals surface area contributed by atoms with E-state index in [1.807, 2.05) is 0 Å². The molecule has 0 aromatic heterocycles. The summed E-state index contributed by atoms with van der Waals surface area (Å²) in [5.41, 5.74) is 0. The van der Waals surface area contributed by atoms with Crippen LogP contribution in [0.25, 0.3) is 0 Å². The summed E-state index contributed by atoms with van der Waals surface area (Å²) in [4.78, 5) is 10.2. The number of carbonyl (C=O) groups excluding carboxylic acids is 1. The molecule has 0 spiro atoms. The predicted octanol–water partition coefficient (Wildman–Crippen LogP) is 3.77. The van der Waals surface area contributed by atoms with Gasteiger partial charge in [-0.25, -0.2) is 0 Å². The van der Waals surface area contributed by atoms with Gasteiger partial charge in [-0.1, -0.05) is 84.0 Å². The fourth-order valence-electron chi connectivity index (χ4n) is 2.29. The first-order valence-electron chi connectivity index (χ1n) is 7.97. The molecular formula is C16H37NO3. The summed E-state index contributed by atoms with van der Waals surface area (Å²) in [6, 6.07) is 0. The van der Waals surface area contributed by atoms with Crippen molar-refractivity contribution in [1.82, 2.24) is 6.15 Å². The van der Waals surface area contributed by atoms with Crippen LogP contribution >= 0.6 is 0 Å². The lowest BCUT2D eigenvalue weighted by Gasteiger charge is -2.03. The minimum absolute atomic E-state index is 0. The van der Waals surface area contributed by atoms with E-state index in [1.165, 1.54) is 70.6 Å². The van der Waals surface area contributed by atoms with Crippen LogP contribution in [0, 0.1) is 0 Å². The zero-order chi connectivity index (χ0) is 13.5. The first-order chi connectivity index (χ1) is 8.77. The standard InChI is InChI=1S/C16H32O2.H3N.H2O/c1-2-3-4-5-6-7-8-9-10-11-12-13-14-15-16(17)18;;/h2-15H2,1H3,(H,17,18);1H3;1H2. The van der Waals surface area contributed by atoms with E-state index in [9.17, 15) is 9.90 Å². The Morgan fingerprint density at radius 3 is 1.30 bits per heavy atom. The Hall–Kier alpha value is -0.610. The minimum atomic E-state index is -0.905. The van der Waals surface area contributed by atoms with Crippen molar-refractivity contribution in [3.8, 4) is 0 Å². The van der Waals surface area contributed by atoms with Gasteiger partial charge in [-0.05, 0) is 12.8 Å². The molecule has 20 heavy (non-hydrogen) atoms. The van der Waals surface area contributed by atoms with E-state index in [0.29, 0.717) is 0 Å². The highest BCUT2D eigenvalue weighted by Gasteiger charge is 1.93. The van der Waals surface area contributed by atoms with E-state index in [4.69, 9.17) is 0 Å². The van der Waals surface area contributed by atoms with Crippen molar-refractivity contribution in [3.05, 3.63) is 0 Å². The van der Waals surface area contributed by atoms with Gasteiger partial charge in [0.2, 0.25) is 0 Å². The number of hydrogen-bond acceptors (Lipinski definition) is 2. The number of unbranched alkanes of at least 4 members (excludes halogenated alkanes) is 12. The van der Waals surface area contributed by atoms with Crippen molar-refractivity contribution in [3.63, 3.8) is 0 Å². The molecule has 0 heterocycles. The molecule has 0 aliphatic rings. The molecule has 0 aromatic carbocycles. The molecule has 4 nitrogen and oxygen atoms in total. The second-order valence-corrected chi connectivity index (χ2v) is 5.36. The molecule has 0 bridgehead atoms. The molecule has 0 radical (unpaired) electrons. The Morgan fingerprint density at radius 2 is 1.00 bits per heavy atom. The van der Waals surface area contributed by atoms with Crippen LogP contribution in [-0.4, -0.2) is 11.4 Å². The summed E-state index contributed by atoms with van der Waals surface area (Å²) in [6.45, 7) is 2.26. The topological polar surface area (TPSA) is 108 Å². The molecule has 0 saturated carbocycles. The Bertz CT molecular complexity index is 187. The van der Waals surface area contributed by atoms with Crippen molar-refractivity contribution in [2.75, 3.05) is 0 Å². The summed E-state index contributed by atoms with van der Waals surface area (Å²) >= 11 is 0. The lowest BCUT2D eigenvalue weighted by molar-refractivity contribution is -0.305. The van der Waals surface area contributed by atoms with E-state index < -0.39 is 5.97 Å². The predicted molar refractivity (Wildman–Crippen MR) is 84.9 cm³/mol. The summed E-state index contributed by atoms with van der Waals surface area (Å²) in [5, 5.41) is 10.2. The van der Waals surface area contributed by atoms with Crippen LogP contribution in [0.1, 0.15) is 96.8 Å². The average molecular weight is 291 g/mol. The largest absolute Gasteiger partial charge is 0.550 e. The first-order valence-corrected chi connectivity index (χ1v) is 7.97. The maximum Gasteiger partial charge on any atom is 0.0414 e. The molecule has 0 fully saturated rings. The van der Waals surface area contributed by atoms with Gasteiger partial charge in [0, 0.05) is 5.97 Å². The second-order valence-electron chi connectivity index (χ2n) is 5.36. The number of carboxylic acids is 1. The third kappa shape index (κ3) is 22.6. The lowest BCUT2D eigenvalue weighted by Crippen LogP contribution is -2.21. The highest BCUT2D eigenvalue weighted by molar-refractivity contribution is 5.63. The monoisotopic (exact) mass is 291 g/mol. The molecule has 0 saturated heterocycles. The number of carboxylic acid groups (broad SMARTS) is 1. The van der Waals surface area contributed by atoms with Crippen molar-refractivity contribution in [2.45, 2.75) is 96.8 Å². The number of carbonyl (C=O) groups is 1. The molecule has 0 amide bonds. The minimum Gasteiger partial charge on any atom is -0.550 e. The number of hydrogen-bond donors (Lipinski definition) is 1. The molecule has 0 atom stereocenters. The van der Waals surface area contributed by atoms with Crippen LogP contribution in [-0.2, 0) is 4.79 Å². The van der Waals surface area contributed by atoms with E-state index in [1.54, 1.807) is 0 Å². The molecule has 4 heteroatoms. The zero-order valence-corrected chi connectivity index (χ0v) is 13.7. The van der Waals surface area contributed by atoms with Gasteiger partial charge in [0.25, 0.3) is 0 Å². The third-order valence-electron chi connectivity index (χ3n) is 3.48. The first kappa shape index (κ1) is 24.4. The summed E-state index contributed by atoms with van der Waals surface area (Å²) < 4.78 is 0. The zero-order valence-electron chi connectivity index (χ0n) is 13.7. The third-order valence-corrected chi connectivity index (χ3v) is 3.48. The van der Waals surface area contributed by atoms with Gasteiger partial charge >= 0.3 is 0 Å². The number of rotatable bonds is 14. The van der Waals surface area contributed by atoms with Gasteiger partial charge < -0.3 is 21.5 Å². The normalized spacial score (nSPS) is 9.65. The highest BCUT2D eigenvalue weighted by atomic mass is 16.4. The number of aliphatic carboxylic acids is 1. The maximum atomic E-state index is 10.2. The van der Waals surface area contributed by atoms with E-state index >= 15 is 0 Å². The quantitative estimate of drug-likeness (QED) is 0.491. The summed E-state index contributed by atoms with van der Waals surface area (Å²) in [7, 11) is 0. The molecule has 0 unspecified atom stereocenters. The van der Waals surface area contributed by atoms with Crippen LogP contribution in [0.2, 0.25) is 0 Å². The molecule has 124 valence electrons. The van der Waals surface area contributed by atoms with Crippen LogP contribution < -0.4 is 11.3 Å². The SMILES string of the molecule is CCCCCCCCCCCCCCCC(=O)[O-].O.[NH4+]. The molecule has 0 aromatic rings. The van der Waals surface area contributed by atoms with Crippen LogP contribution in [0.4, 0.5) is 0 Å². The smallest absolute Gasteiger partial charge is 0.0414 e. The van der Waals surface area contributed by atoms with Crippen LogP contribution in [0.5, 0.6) is 0 Å². The summed E-state index contributed by atoms with van der Waals surface area (Å²) in [5.74, 6) is -0.905. The Morgan fingerprint density at radius 1 is 0.700 bits per heavy atom. The molecule has 0 aliphatic carbocycles. The van der Waals surface area contributed by atoms with Crippen molar-refractivity contribution < 1.29 is 15.4 Å². The fraction of sp³-hybridized carbons (Fsp3) is 0.938. The second kappa shape index (κ2) is 20.7.